The second kappa shape index (κ2) is 6.39. The Kier molecular flexibility index (Phi) is 3.55. The molecule has 30 heavy (non-hydrogen) atoms. The van der Waals surface area contributed by atoms with Gasteiger partial charge in [-0.25, -0.2) is 4.79 Å². The van der Waals surface area contributed by atoms with Gasteiger partial charge in [0.15, 0.2) is 0 Å². The molecular formula is C25H15N3O2. The van der Waals surface area contributed by atoms with Gasteiger partial charge in [-0.2, -0.15) is 0 Å². The largest absolute Gasteiger partial charge is 0.422 e. The first-order valence-corrected chi connectivity index (χ1v) is 9.66. The molecule has 4 aromatic carbocycles. The minimum Gasteiger partial charge on any atom is -0.422 e. The van der Waals surface area contributed by atoms with Crippen LogP contribution in [0.2, 0.25) is 0 Å². The zero-order chi connectivity index (χ0) is 20.1. The maximum atomic E-state index is 13.0. The molecule has 5 nitrogen and oxygen atoms in total. The van der Waals surface area contributed by atoms with E-state index in [4.69, 9.17) is 14.6 Å². The van der Waals surface area contributed by atoms with Crippen LogP contribution in [0.5, 0.6) is 0 Å². The molecule has 0 saturated heterocycles. The maximum absolute atomic E-state index is 13.0. The predicted molar refractivity (Wildman–Crippen MR) is 118 cm³/mol. The number of rotatable bonds is 2. The van der Waals surface area contributed by atoms with Crippen molar-refractivity contribution in [1.82, 2.24) is 15.0 Å². The van der Waals surface area contributed by atoms with Crippen LogP contribution in [0.15, 0.2) is 100 Å². The molecule has 0 atom stereocenters. The van der Waals surface area contributed by atoms with Gasteiger partial charge in [0.2, 0.25) is 0 Å². The van der Waals surface area contributed by atoms with E-state index >= 15 is 0 Å². The van der Waals surface area contributed by atoms with E-state index in [0.29, 0.717) is 16.8 Å². The van der Waals surface area contributed by atoms with Crippen LogP contribution in [0.1, 0.15) is 0 Å². The lowest BCUT2D eigenvalue weighted by atomic mass is 10.0. The lowest BCUT2D eigenvalue weighted by Gasteiger charge is -2.10. The number of nitrogens with zero attached hydrogens (tertiary/aromatic N) is 3. The molecule has 0 unspecified atom stereocenters. The third-order valence-electron chi connectivity index (χ3n) is 5.32. The molecule has 0 bridgehead atoms. The smallest absolute Gasteiger partial charge is 0.346 e. The first-order chi connectivity index (χ1) is 14.8. The predicted octanol–water partition coefficient (Wildman–Crippen LogP) is 5.35. The van der Waals surface area contributed by atoms with Gasteiger partial charge in [-0.3, -0.25) is 0 Å². The summed E-state index contributed by atoms with van der Waals surface area (Å²) in [6.45, 7) is 0. The van der Waals surface area contributed by atoms with E-state index in [-0.39, 0.29) is 0 Å². The van der Waals surface area contributed by atoms with Crippen molar-refractivity contribution in [2.45, 2.75) is 0 Å². The average molecular weight is 389 g/mol. The standard InChI is InChI=1S/C25H15N3O2/c29-25-22(17-9-2-1-3-10-17)24(19-12-6-7-13-21(19)30-25)28-26-20-15-14-16-8-4-5-11-18(16)23(20)27-28/h1-15H. The molecule has 6 aromatic rings. The highest BCUT2D eigenvalue weighted by molar-refractivity contribution is 6.04. The fourth-order valence-electron chi connectivity index (χ4n) is 3.95. The van der Waals surface area contributed by atoms with E-state index in [0.717, 1.165) is 32.8 Å². The highest BCUT2D eigenvalue weighted by Crippen LogP contribution is 2.31. The summed E-state index contributed by atoms with van der Waals surface area (Å²) >= 11 is 0. The normalized spacial score (nSPS) is 11.5. The molecule has 0 aliphatic rings. The van der Waals surface area contributed by atoms with Crippen LogP contribution < -0.4 is 5.63 Å². The number of fused-ring (bicyclic) bond motifs is 4. The average Bonchev–Trinajstić information content (AvgIpc) is 3.23. The minimum atomic E-state index is -0.416. The second-order valence-corrected chi connectivity index (χ2v) is 7.12. The molecule has 2 aromatic heterocycles. The summed E-state index contributed by atoms with van der Waals surface area (Å²) in [6.07, 6.45) is 0. The zero-order valence-corrected chi connectivity index (χ0v) is 15.8. The Morgan fingerprint density at radius 3 is 2.30 bits per heavy atom. The highest BCUT2D eigenvalue weighted by Gasteiger charge is 2.20. The first-order valence-electron chi connectivity index (χ1n) is 9.66. The number of hydrogen-bond donors (Lipinski definition) is 0. The quantitative estimate of drug-likeness (QED) is 0.375. The van der Waals surface area contributed by atoms with E-state index in [2.05, 4.69) is 6.07 Å². The number of para-hydroxylation sites is 1. The number of aromatic nitrogens is 3. The summed E-state index contributed by atoms with van der Waals surface area (Å²) in [6, 6.07) is 29.0. The van der Waals surface area contributed by atoms with Gasteiger partial charge >= 0.3 is 5.63 Å². The molecule has 142 valence electrons. The second-order valence-electron chi connectivity index (χ2n) is 7.12. The zero-order valence-electron chi connectivity index (χ0n) is 15.8. The Hall–Kier alpha value is -4.25. The Bertz CT molecular complexity index is 1610. The SMILES string of the molecule is O=c1oc2ccccc2c(-n2nc3ccc4ccccc4c3n2)c1-c1ccccc1. The van der Waals surface area contributed by atoms with Crippen molar-refractivity contribution >= 4 is 32.8 Å². The van der Waals surface area contributed by atoms with Gasteiger partial charge in [-0.05, 0) is 29.1 Å². The van der Waals surface area contributed by atoms with E-state index < -0.39 is 5.63 Å². The summed E-state index contributed by atoms with van der Waals surface area (Å²) < 4.78 is 5.63. The van der Waals surface area contributed by atoms with Crippen molar-refractivity contribution in [1.29, 1.82) is 0 Å². The lowest BCUT2D eigenvalue weighted by Crippen LogP contribution is -2.11. The minimum absolute atomic E-state index is 0.416. The fraction of sp³-hybridized carbons (Fsp3) is 0. The molecular weight excluding hydrogens is 374 g/mol. The number of hydrogen-bond acceptors (Lipinski definition) is 4. The van der Waals surface area contributed by atoms with Crippen LogP contribution in [0.3, 0.4) is 0 Å². The Labute approximate surface area is 170 Å². The summed E-state index contributed by atoms with van der Waals surface area (Å²) in [7, 11) is 0. The van der Waals surface area contributed by atoms with Crippen LogP contribution in [-0.2, 0) is 0 Å². The topological polar surface area (TPSA) is 60.9 Å². The van der Waals surface area contributed by atoms with Crippen molar-refractivity contribution in [2.24, 2.45) is 0 Å². The summed E-state index contributed by atoms with van der Waals surface area (Å²) in [5.41, 5.74) is 3.48. The van der Waals surface area contributed by atoms with Gasteiger partial charge in [-0.15, -0.1) is 15.0 Å². The van der Waals surface area contributed by atoms with Crippen molar-refractivity contribution in [3.8, 4) is 16.8 Å². The first kappa shape index (κ1) is 16.7. The van der Waals surface area contributed by atoms with Gasteiger partial charge < -0.3 is 4.42 Å². The fourth-order valence-corrected chi connectivity index (χ4v) is 3.95. The summed E-state index contributed by atoms with van der Waals surface area (Å²) in [5.74, 6) is 0. The number of benzene rings is 4. The van der Waals surface area contributed by atoms with E-state index in [1.165, 1.54) is 0 Å². The van der Waals surface area contributed by atoms with Crippen molar-refractivity contribution in [3.63, 3.8) is 0 Å². The Morgan fingerprint density at radius 2 is 1.43 bits per heavy atom. The summed E-state index contributed by atoms with van der Waals surface area (Å²) in [4.78, 5) is 14.6. The van der Waals surface area contributed by atoms with Gasteiger partial charge in [0, 0.05) is 10.8 Å². The molecule has 0 aliphatic heterocycles. The van der Waals surface area contributed by atoms with Gasteiger partial charge in [0.1, 0.15) is 22.3 Å². The van der Waals surface area contributed by atoms with Gasteiger partial charge in [0.25, 0.3) is 0 Å². The molecule has 0 spiro atoms. The molecule has 0 aliphatic carbocycles. The molecule has 0 saturated carbocycles. The van der Waals surface area contributed by atoms with Gasteiger partial charge in [-0.1, -0.05) is 72.8 Å². The van der Waals surface area contributed by atoms with Crippen LogP contribution in [0, 0.1) is 0 Å². The maximum Gasteiger partial charge on any atom is 0.346 e. The van der Waals surface area contributed by atoms with Crippen molar-refractivity contribution in [2.75, 3.05) is 0 Å². The van der Waals surface area contributed by atoms with Crippen LogP contribution in [0.25, 0.3) is 49.6 Å². The van der Waals surface area contributed by atoms with Crippen LogP contribution in [0.4, 0.5) is 0 Å². The van der Waals surface area contributed by atoms with Crippen LogP contribution >= 0.6 is 0 Å². The molecule has 6 rings (SSSR count). The Morgan fingerprint density at radius 1 is 0.700 bits per heavy atom. The van der Waals surface area contributed by atoms with Crippen molar-refractivity contribution in [3.05, 3.63) is 101 Å². The third-order valence-corrected chi connectivity index (χ3v) is 5.32. The molecule has 0 radical (unpaired) electrons. The molecule has 2 heterocycles. The highest BCUT2D eigenvalue weighted by atomic mass is 16.4. The van der Waals surface area contributed by atoms with Crippen LogP contribution in [-0.4, -0.2) is 15.0 Å². The van der Waals surface area contributed by atoms with Crippen molar-refractivity contribution < 1.29 is 4.42 Å². The molecule has 5 heteroatoms. The van der Waals surface area contributed by atoms with E-state index in [1.54, 1.807) is 10.9 Å². The third kappa shape index (κ3) is 2.46. The van der Waals surface area contributed by atoms with E-state index in [9.17, 15) is 4.79 Å². The molecule has 0 fully saturated rings. The van der Waals surface area contributed by atoms with Gasteiger partial charge in [0.05, 0.1) is 5.56 Å². The summed E-state index contributed by atoms with van der Waals surface area (Å²) in [5, 5.41) is 12.4. The lowest BCUT2D eigenvalue weighted by molar-refractivity contribution is 0.560. The van der Waals surface area contributed by atoms with E-state index in [1.807, 2.05) is 78.9 Å². The molecule has 0 N–H and O–H groups in total. The Balaban J connectivity index is 1.76. The monoisotopic (exact) mass is 389 g/mol. The molecule has 0 amide bonds.